The summed E-state index contributed by atoms with van der Waals surface area (Å²) in [6.45, 7) is 9.97. The van der Waals surface area contributed by atoms with Crippen molar-refractivity contribution in [1.29, 1.82) is 0 Å². The Morgan fingerprint density at radius 1 is 0.912 bits per heavy atom. The number of unbranched alkanes of at least 4 members (excludes halogenated alkanes) is 3. The molecule has 0 amide bonds. The van der Waals surface area contributed by atoms with E-state index in [0.29, 0.717) is 50.2 Å². The summed E-state index contributed by atoms with van der Waals surface area (Å²) in [5.41, 5.74) is 0.568. The molecule has 0 atom stereocenters. The summed E-state index contributed by atoms with van der Waals surface area (Å²) >= 11 is 0. The van der Waals surface area contributed by atoms with E-state index in [1.165, 1.54) is 6.08 Å². The second-order valence-corrected chi connectivity index (χ2v) is 10.3. The highest BCUT2D eigenvalue weighted by atomic mass is 28.4. The fourth-order valence-electron chi connectivity index (χ4n) is 3.28. The van der Waals surface area contributed by atoms with Crippen molar-refractivity contribution >= 4 is 26.8 Å². The molecule has 0 heterocycles. The predicted molar refractivity (Wildman–Crippen MR) is 130 cm³/mol. The first-order valence-corrected chi connectivity index (χ1v) is 14.1. The number of carbonyl (C=O) groups is 2. The van der Waals surface area contributed by atoms with E-state index in [0.717, 1.165) is 31.8 Å². The van der Waals surface area contributed by atoms with Gasteiger partial charge in [-0.3, -0.25) is 4.79 Å². The zero-order valence-corrected chi connectivity index (χ0v) is 21.9. The third kappa shape index (κ3) is 11.8. The van der Waals surface area contributed by atoms with Gasteiger partial charge in [-0.25, -0.2) is 0 Å². The molecule has 9 heteroatoms. The molecule has 1 rings (SSSR count). The summed E-state index contributed by atoms with van der Waals surface area (Å²) in [4.78, 5) is 23.2. The van der Waals surface area contributed by atoms with Gasteiger partial charge in [-0.2, -0.15) is 0 Å². The number of benzene rings is 1. The van der Waals surface area contributed by atoms with E-state index in [1.54, 1.807) is 18.2 Å². The number of rotatable bonds is 19. The van der Waals surface area contributed by atoms with Crippen molar-refractivity contribution in [3.8, 4) is 11.5 Å². The number of carboxylic acids is 1. The minimum absolute atomic E-state index is 0.250. The molecule has 8 nitrogen and oxygen atoms in total. The molecular weight excluding hydrogens is 456 g/mol. The summed E-state index contributed by atoms with van der Waals surface area (Å²) in [5, 5.41) is 10.7. The summed E-state index contributed by atoms with van der Waals surface area (Å²) in [5.74, 6) is -0.943. The zero-order chi connectivity index (χ0) is 25.2. The molecule has 0 aromatic heterocycles. The van der Waals surface area contributed by atoms with Crippen LogP contribution < -0.4 is 14.6 Å². The van der Waals surface area contributed by atoms with Crippen LogP contribution in [0.4, 0.5) is 0 Å². The van der Waals surface area contributed by atoms with Gasteiger partial charge < -0.3 is 32.7 Å². The average molecular weight is 496 g/mol. The fraction of sp³-hybridized carbons (Fsp3) is 0.600. The van der Waals surface area contributed by atoms with Crippen LogP contribution >= 0.6 is 0 Å². The highest BCUT2D eigenvalue weighted by molar-refractivity contribution is 6.60. The van der Waals surface area contributed by atoms with Gasteiger partial charge in [-0.1, -0.05) is 31.9 Å². The van der Waals surface area contributed by atoms with Crippen molar-refractivity contribution in [2.45, 2.75) is 72.3 Å². The maximum atomic E-state index is 12.5. The molecule has 34 heavy (non-hydrogen) atoms. The van der Waals surface area contributed by atoms with Crippen LogP contribution in [0.5, 0.6) is 11.5 Å². The maximum Gasteiger partial charge on any atom is 0.500 e. The lowest BCUT2D eigenvalue weighted by Gasteiger charge is -2.28. The van der Waals surface area contributed by atoms with E-state index in [2.05, 4.69) is 6.92 Å². The lowest BCUT2D eigenvalue weighted by atomic mass is 10.2. The SMILES string of the molecule is CCCCOc1ccc(/C=C/C(=O)[O-])cc1OC(=O)CCCCC[Si](OCC)(OCC)OCC. The Morgan fingerprint density at radius 2 is 1.59 bits per heavy atom. The molecule has 1 aromatic rings. The summed E-state index contributed by atoms with van der Waals surface area (Å²) in [6, 6.07) is 5.67. The number of carboxylic acid groups (broad SMARTS) is 1. The minimum atomic E-state index is -2.67. The Balaban J connectivity index is 2.66. The molecule has 0 bridgehead atoms. The highest BCUT2D eigenvalue weighted by Gasteiger charge is 2.39. The molecule has 0 fully saturated rings. The largest absolute Gasteiger partial charge is 0.545 e. The minimum Gasteiger partial charge on any atom is -0.545 e. The number of hydrogen-bond donors (Lipinski definition) is 0. The first kappa shape index (κ1) is 29.8. The number of hydrogen-bond acceptors (Lipinski definition) is 8. The van der Waals surface area contributed by atoms with Gasteiger partial charge in [0.05, 0.1) is 12.6 Å². The monoisotopic (exact) mass is 495 g/mol. The van der Waals surface area contributed by atoms with Crippen molar-refractivity contribution in [1.82, 2.24) is 0 Å². The maximum absolute atomic E-state index is 12.5. The summed E-state index contributed by atoms with van der Waals surface area (Å²) < 4.78 is 28.9. The summed E-state index contributed by atoms with van der Waals surface area (Å²) in [6.07, 6.45) is 6.70. The Bertz CT molecular complexity index is 748. The molecule has 0 aliphatic carbocycles. The van der Waals surface area contributed by atoms with Gasteiger partial charge in [0.1, 0.15) is 0 Å². The van der Waals surface area contributed by atoms with E-state index in [9.17, 15) is 14.7 Å². The second kappa shape index (κ2) is 17.3. The molecule has 0 saturated heterocycles. The average Bonchev–Trinajstić information content (AvgIpc) is 2.79. The Morgan fingerprint density at radius 3 is 2.18 bits per heavy atom. The molecule has 0 spiro atoms. The van der Waals surface area contributed by atoms with E-state index < -0.39 is 14.8 Å². The van der Waals surface area contributed by atoms with E-state index in [1.807, 2.05) is 20.8 Å². The van der Waals surface area contributed by atoms with Crippen LogP contribution in [0.1, 0.15) is 71.8 Å². The lowest BCUT2D eigenvalue weighted by Crippen LogP contribution is -2.45. The molecular formula is C25H39O8Si-. The number of ether oxygens (including phenoxy) is 2. The zero-order valence-electron chi connectivity index (χ0n) is 20.9. The molecule has 0 radical (unpaired) electrons. The predicted octanol–water partition coefficient (Wildman–Crippen LogP) is 4.14. The number of aliphatic carboxylic acids is 1. The third-order valence-electron chi connectivity index (χ3n) is 4.82. The van der Waals surface area contributed by atoms with Crippen molar-refractivity contribution in [3.63, 3.8) is 0 Å². The number of esters is 1. The van der Waals surface area contributed by atoms with Gasteiger partial charge in [0.2, 0.25) is 0 Å². The van der Waals surface area contributed by atoms with Crippen molar-refractivity contribution in [2.24, 2.45) is 0 Å². The van der Waals surface area contributed by atoms with Crippen LogP contribution in [-0.2, 0) is 22.9 Å². The molecule has 0 aliphatic rings. The Labute approximate surface area is 204 Å². The van der Waals surface area contributed by atoms with E-state index in [-0.39, 0.29) is 18.1 Å². The van der Waals surface area contributed by atoms with E-state index >= 15 is 0 Å². The van der Waals surface area contributed by atoms with Crippen LogP contribution in [0.3, 0.4) is 0 Å². The Hall–Kier alpha value is -2.20. The molecule has 1 aromatic carbocycles. The molecule has 0 aliphatic heterocycles. The standard InChI is InChI=1S/C25H40O8Si/c1-5-9-18-29-22-16-14-21(15-17-24(26)27)20-23(22)33-25(28)13-11-10-12-19-34(30-6-2,31-7-3)32-8-4/h14-17,20H,5-13,18-19H2,1-4H3,(H,26,27)/p-1/b17-15+. The molecule has 192 valence electrons. The van der Waals surface area contributed by atoms with Crippen LogP contribution in [0.25, 0.3) is 6.08 Å². The quantitative estimate of drug-likeness (QED) is 0.0927. The second-order valence-electron chi connectivity index (χ2n) is 7.58. The smallest absolute Gasteiger partial charge is 0.500 e. The highest BCUT2D eigenvalue weighted by Crippen LogP contribution is 2.30. The first-order chi connectivity index (χ1) is 16.4. The van der Waals surface area contributed by atoms with Gasteiger partial charge in [0.25, 0.3) is 0 Å². The molecule has 0 unspecified atom stereocenters. The van der Waals surface area contributed by atoms with Crippen molar-refractivity contribution in [2.75, 3.05) is 26.4 Å². The van der Waals surface area contributed by atoms with Gasteiger partial charge in [-0.15, -0.1) is 0 Å². The van der Waals surface area contributed by atoms with Crippen molar-refractivity contribution in [3.05, 3.63) is 29.8 Å². The lowest BCUT2D eigenvalue weighted by molar-refractivity contribution is -0.297. The van der Waals surface area contributed by atoms with Crippen LogP contribution in [0.15, 0.2) is 24.3 Å². The van der Waals surface area contributed by atoms with E-state index in [4.69, 9.17) is 22.8 Å². The van der Waals surface area contributed by atoms with Gasteiger partial charge in [-0.05, 0) is 63.8 Å². The fourth-order valence-corrected chi connectivity index (χ4v) is 5.97. The first-order valence-electron chi connectivity index (χ1n) is 12.2. The van der Waals surface area contributed by atoms with Crippen molar-refractivity contribution < 1.29 is 37.4 Å². The van der Waals surface area contributed by atoms with Crippen LogP contribution in [0, 0.1) is 0 Å². The Kier molecular flexibility index (Phi) is 15.1. The normalized spacial score (nSPS) is 11.6. The van der Waals surface area contributed by atoms with Crippen LogP contribution in [-0.4, -0.2) is 47.2 Å². The third-order valence-corrected chi connectivity index (χ3v) is 7.97. The van der Waals surface area contributed by atoms with Gasteiger partial charge in [0, 0.05) is 32.3 Å². The number of carbonyl (C=O) groups excluding carboxylic acids is 2. The molecule has 0 saturated carbocycles. The van der Waals surface area contributed by atoms with Gasteiger partial charge in [0.15, 0.2) is 11.5 Å². The molecule has 0 N–H and O–H groups in total. The summed E-state index contributed by atoms with van der Waals surface area (Å²) in [7, 11) is -2.67. The van der Waals surface area contributed by atoms with Gasteiger partial charge >= 0.3 is 14.8 Å². The van der Waals surface area contributed by atoms with Crippen LogP contribution in [0.2, 0.25) is 6.04 Å². The topological polar surface area (TPSA) is 103 Å².